The van der Waals surface area contributed by atoms with Gasteiger partial charge in [0.15, 0.2) is 0 Å². The highest BCUT2D eigenvalue weighted by Gasteiger charge is 2.18. The van der Waals surface area contributed by atoms with E-state index >= 15 is 0 Å². The fraction of sp³-hybridized carbons (Fsp3) is 0.176. The van der Waals surface area contributed by atoms with Crippen molar-refractivity contribution in [1.82, 2.24) is 0 Å². The highest BCUT2D eigenvalue weighted by Crippen LogP contribution is 2.35. The predicted octanol–water partition coefficient (Wildman–Crippen LogP) is 4.41. The van der Waals surface area contributed by atoms with Crippen LogP contribution < -0.4 is 0 Å². The Hall–Kier alpha value is -1.82. The lowest BCUT2D eigenvalue weighted by Crippen LogP contribution is -2.02. The highest BCUT2D eigenvalue weighted by atomic mass is 14.2. The van der Waals surface area contributed by atoms with Crippen molar-refractivity contribution in [2.45, 2.75) is 18.8 Å². The Balaban J connectivity index is 2.11. The third-order valence-electron chi connectivity index (χ3n) is 3.55. The van der Waals surface area contributed by atoms with Gasteiger partial charge in [-0.25, -0.2) is 0 Å². The van der Waals surface area contributed by atoms with E-state index in [1.54, 1.807) is 0 Å². The molecule has 0 nitrogen and oxygen atoms in total. The summed E-state index contributed by atoms with van der Waals surface area (Å²) >= 11 is 0. The summed E-state index contributed by atoms with van der Waals surface area (Å²) in [5.41, 5.74) is 4.30. The summed E-state index contributed by atoms with van der Waals surface area (Å²) in [6.07, 6.45) is 17.6. The van der Waals surface area contributed by atoms with Crippen molar-refractivity contribution in [3.63, 3.8) is 0 Å². The van der Waals surface area contributed by atoms with Crippen molar-refractivity contribution in [3.05, 3.63) is 83.5 Å². The van der Waals surface area contributed by atoms with Gasteiger partial charge in [-0.3, -0.25) is 0 Å². The maximum atomic E-state index is 2.27. The van der Waals surface area contributed by atoms with Crippen LogP contribution in [0.25, 0.3) is 0 Å². The van der Waals surface area contributed by atoms with Crippen LogP contribution in [0.15, 0.2) is 66.8 Å². The fourth-order valence-electron chi connectivity index (χ4n) is 2.71. The van der Waals surface area contributed by atoms with Crippen molar-refractivity contribution >= 4 is 0 Å². The number of allylic oxidation sites excluding steroid dienone is 8. The lowest BCUT2D eigenvalue weighted by atomic mass is 9.85. The zero-order valence-electron chi connectivity index (χ0n) is 10.0. The molecule has 2 aliphatic rings. The van der Waals surface area contributed by atoms with E-state index in [2.05, 4.69) is 73.7 Å². The van der Waals surface area contributed by atoms with E-state index in [4.69, 9.17) is 0 Å². The van der Waals surface area contributed by atoms with Gasteiger partial charge in [0.2, 0.25) is 0 Å². The van der Waals surface area contributed by atoms with Gasteiger partial charge in [-0.2, -0.15) is 0 Å². The van der Waals surface area contributed by atoms with Crippen LogP contribution in [0.2, 0.25) is 0 Å². The molecule has 1 aromatic carbocycles. The van der Waals surface area contributed by atoms with Gasteiger partial charge in [-0.1, -0.05) is 66.8 Å². The van der Waals surface area contributed by atoms with Crippen molar-refractivity contribution in [2.24, 2.45) is 0 Å². The van der Waals surface area contributed by atoms with E-state index in [0.29, 0.717) is 11.8 Å². The second kappa shape index (κ2) is 4.21. The summed E-state index contributed by atoms with van der Waals surface area (Å²) < 4.78 is 0. The van der Waals surface area contributed by atoms with Gasteiger partial charge >= 0.3 is 0 Å². The SMILES string of the molecule is Cc1cccc(C2C=CC=C2)c1C1C=CC=C1. The van der Waals surface area contributed by atoms with Crippen LogP contribution in [0, 0.1) is 6.92 Å². The molecule has 0 unspecified atom stereocenters. The monoisotopic (exact) mass is 220 g/mol. The average molecular weight is 220 g/mol. The molecule has 0 fully saturated rings. The summed E-state index contributed by atoms with van der Waals surface area (Å²) in [5.74, 6) is 0.904. The molecule has 0 bridgehead atoms. The van der Waals surface area contributed by atoms with Crippen LogP contribution in [-0.4, -0.2) is 0 Å². The topological polar surface area (TPSA) is 0 Å². The first-order valence-electron chi connectivity index (χ1n) is 6.15. The van der Waals surface area contributed by atoms with Gasteiger partial charge in [0.25, 0.3) is 0 Å². The zero-order chi connectivity index (χ0) is 11.7. The summed E-state index contributed by atoms with van der Waals surface area (Å²) in [6, 6.07) is 6.63. The molecule has 0 N–H and O–H groups in total. The number of rotatable bonds is 2. The van der Waals surface area contributed by atoms with Crippen molar-refractivity contribution < 1.29 is 0 Å². The Labute approximate surface area is 103 Å². The molecular weight excluding hydrogens is 204 g/mol. The molecule has 3 rings (SSSR count). The van der Waals surface area contributed by atoms with Crippen LogP contribution in [0.1, 0.15) is 28.5 Å². The lowest BCUT2D eigenvalue weighted by molar-refractivity contribution is 0.981. The Bertz CT molecular complexity index is 517. The first kappa shape index (κ1) is 10.3. The summed E-state index contributed by atoms with van der Waals surface area (Å²) in [4.78, 5) is 0. The summed E-state index contributed by atoms with van der Waals surface area (Å²) in [5, 5.41) is 0. The van der Waals surface area contributed by atoms with Crippen LogP contribution in [0.3, 0.4) is 0 Å². The molecule has 84 valence electrons. The number of aryl methyl sites for hydroxylation is 1. The summed E-state index contributed by atoms with van der Waals surface area (Å²) in [7, 11) is 0. The van der Waals surface area contributed by atoms with E-state index in [1.165, 1.54) is 16.7 Å². The maximum Gasteiger partial charge on any atom is 0.0210 e. The predicted molar refractivity (Wildman–Crippen MR) is 73.2 cm³/mol. The normalized spacial score (nSPS) is 18.6. The second-order valence-electron chi connectivity index (χ2n) is 4.67. The van der Waals surface area contributed by atoms with E-state index in [9.17, 15) is 0 Å². The average Bonchev–Trinajstić information content (AvgIpc) is 3.02. The van der Waals surface area contributed by atoms with Crippen LogP contribution in [0.4, 0.5) is 0 Å². The van der Waals surface area contributed by atoms with Crippen molar-refractivity contribution in [2.75, 3.05) is 0 Å². The molecule has 0 radical (unpaired) electrons. The largest absolute Gasteiger partial charge is 0.0732 e. The third kappa shape index (κ3) is 1.80. The Morgan fingerprint density at radius 3 is 2.00 bits per heavy atom. The first-order valence-corrected chi connectivity index (χ1v) is 6.15. The summed E-state index contributed by atoms with van der Waals surface area (Å²) in [6.45, 7) is 2.21. The molecule has 0 aromatic heterocycles. The third-order valence-corrected chi connectivity index (χ3v) is 3.55. The molecule has 0 saturated carbocycles. The van der Waals surface area contributed by atoms with Crippen molar-refractivity contribution in [1.29, 1.82) is 0 Å². The van der Waals surface area contributed by atoms with Crippen LogP contribution in [0.5, 0.6) is 0 Å². The zero-order valence-corrected chi connectivity index (χ0v) is 10.0. The quantitative estimate of drug-likeness (QED) is 0.692. The maximum absolute atomic E-state index is 2.27. The molecule has 0 aliphatic heterocycles. The molecule has 0 atom stereocenters. The molecule has 1 aromatic rings. The molecular formula is C17H16. The van der Waals surface area contributed by atoms with E-state index in [-0.39, 0.29) is 0 Å². The molecule has 0 heterocycles. The van der Waals surface area contributed by atoms with Gasteiger partial charge in [0, 0.05) is 11.8 Å². The molecule has 0 spiro atoms. The molecule has 17 heavy (non-hydrogen) atoms. The minimum absolute atomic E-state index is 0.451. The number of hydrogen-bond donors (Lipinski definition) is 0. The smallest absolute Gasteiger partial charge is 0.0210 e. The number of benzene rings is 1. The molecule has 0 heteroatoms. The van der Waals surface area contributed by atoms with Crippen molar-refractivity contribution in [3.8, 4) is 0 Å². The van der Waals surface area contributed by atoms with Gasteiger partial charge in [0.05, 0.1) is 0 Å². The van der Waals surface area contributed by atoms with Gasteiger partial charge in [0.1, 0.15) is 0 Å². The Morgan fingerprint density at radius 2 is 1.35 bits per heavy atom. The first-order chi connectivity index (χ1) is 8.36. The van der Waals surface area contributed by atoms with Crippen LogP contribution in [-0.2, 0) is 0 Å². The minimum atomic E-state index is 0.451. The lowest BCUT2D eigenvalue weighted by Gasteiger charge is -2.18. The van der Waals surface area contributed by atoms with E-state index in [1.807, 2.05) is 0 Å². The van der Waals surface area contributed by atoms with E-state index < -0.39 is 0 Å². The molecule has 2 aliphatic carbocycles. The fourth-order valence-corrected chi connectivity index (χ4v) is 2.71. The van der Waals surface area contributed by atoms with Gasteiger partial charge in [-0.15, -0.1) is 0 Å². The Kier molecular flexibility index (Phi) is 2.56. The second-order valence-corrected chi connectivity index (χ2v) is 4.67. The van der Waals surface area contributed by atoms with Gasteiger partial charge in [-0.05, 0) is 23.6 Å². The molecule has 0 saturated heterocycles. The van der Waals surface area contributed by atoms with Crippen LogP contribution >= 0.6 is 0 Å². The standard InChI is InChI=1S/C17H16/c1-13-7-6-12-16(14-8-2-3-9-14)17(13)15-10-4-5-11-15/h2-12,14-15H,1H3. The number of hydrogen-bond acceptors (Lipinski definition) is 0. The molecule has 0 amide bonds. The highest BCUT2D eigenvalue weighted by molar-refractivity contribution is 5.49. The van der Waals surface area contributed by atoms with E-state index in [0.717, 1.165) is 0 Å². The van der Waals surface area contributed by atoms with Gasteiger partial charge < -0.3 is 0 Å². The Morgan fingerprint density at radius 1 is 0.765 bits per heavy atom. The minimum Gasteiger partial charge on any atom is -0.0732 e.